The maximum absolute atomic E-state index is 5.31. The second-order valence-corrected chi connectivity index (χ2v) is 3.71. The van der Waals surface area contributed by atoms with E-state index in [1.165, 1.54) is 11.9 Å². The molecule has 5 heteroatoms. The van der Waals surface area contributed by atoms with E-state index in [1.54, 1.807) is 12.3 Å². The lowest BCUT2D eigenvalue weighted by Gasteiger charge is -2.06. The molecule has 0 unspecified atom stereocenters. The van der Waals surface area contributed by atoms with Gasteiger partial charge in [-0.05, 0) is 25.0 Å². The highest BCUT2D eigenvalue weighted by Crippen LogP contribution is 2.10. The number of ether oxygens (including phenoxy) is 1. The lowest BCUT2D eigenvalue weighted by Crippen LogP contribution is -2.07. The van der Waals surface area contributed by atoms with Crippen LogP contribution in [0.15, 0.2) is 36.9 Å². The Morgan fingerprint density at radius 2 is 2.28 bits per heavy atom. The summed E-state index contributed by atoms with van der Waals surface area (Å²) in [6, 6.07) is 5.79. The summed E-state index contributed by atoms with van der Waals surface area (Å²) in [7, 11) is 0. The van der Waals surface area contributed by atoms with E-state index in [0.29, 0.717) is 12.5 Å². The molecule has 0 aliphatic carbocycles. The van der Waals surface area contributed by atoms with Gasteiger partial charge in [0.2, 0.25) is 5.88 Å². The molecule has 0 amide bonds. The van der Waals surface area contributed by atoms with Crippen molar-refractivity contribution in [3.63, 3.8) is 0 Å². The standard InChI is InChI=1S/C13H16N4O/c1-2-18-13-8-12(16-10-17-13)15-7-5-11-4-3-6-14-9-11/h3-4,6,8-10H,2,5,7H2,1H3,(H,15,16,17). The quantitative estimate of drug-likeness (QED) is 0.841. The summed E-state index contributed by atoms with van der Waals surface area (Å²) in [5.41, 5.74) is 1.20. The lowest BCUT2D eigenvalue weighted by atomic mass is 10.2. The monoisotopic (exact) mass is 244 g/mol. The van der Waals surface area contributed by atoms with E-state index in [2.05, 4.69) is 26.3 Å². The molecule has 2 aromatic rings. The molecular weight excluding hydrogens is 228 g/mol. The Bertz CT molecular complexity index is 475. The van der Waals surface area contributed by atoms with Gasteiger partial charge < -0.3 is 10.1 Å². The Morgan fingerprint density at radius 3 is 3.06 bits per heavy atom. The Morgan fingerprint density at radius 1 is 1.33 bits per heavy atom. The van der Waals surface area contributed by atoms with Crippen LogP contribution < -0.4 is 10.1 Å². The van der Waals surface area contributed by atoms with Crippen LogP contribution in [0.4, 0.5) is 5.82 Å². The minimum Gasteiger partial charge on any atom is -0.478 e. The molecule has 0 bridgehead atoms. The molecule has 18 heavy (non-hydrogen) atoms. The summed E-state index contributed by atoms with van der Waals surface area (Å²) in [6.07, 6.45) is 6.04. The first kappa shape index (κ1) is 12.3. The van der Waals surface area contributed by atoms with E-state index in [4.69, 9.17) is 4.74 Å². The van der Waals surface area contributed by atoms with Crippen molar-refractivity contribution in [3.8, 4) is 5.88 Å². The smallest absolute Gasteiger partial charge is 0.218 e. The van der Waals surface area contributed by atoms with Gasteiger partial charge in [0.25, 0.3) is 0 Å². The average molecular weight is 244 g/mol. The zero-order valence-electron chi connectivity index (χ0n) is 10.3. The molecule has 0 saturated carbocycles. The van der Waals surface area contributed by atoms with E-state index >= 15 is 0 Å². The molecule has 0 spiro atoms. The van der Waals surface area contributed by atoms with Gasteiger partial charge in [-0.25, -0.2) is 9.97 Å². The molecule has 2 aromatic heterocycles. The van der Waals surface area contributed by atoms with Crippen molar-refractivity contribution < 1.29 is 4.74 Å². The fourth-order valence-corrected chi connectivity index (χ4v) is 1.54. The molecule has 1 N–H and O–H groups in total. The summed E-state index contributed by atoms with van der Waals surface area (Å²) in [5.74, 6) is 1.37. The van der Waals surface area contributed by atoms with Crippen LogP contribution in [0.2, 0.25) is 0 Å². The Hall–Kier alpha value is -2.17. The number of aromatic nitrogens is 3. The molecule has 0 fully saturated rings. The van der Waals surface area contributed by atoms with Gasteiger partial charge in [-0.2, -0.15) is 0 Å². The Balaban J connectivity index is 1.84. The van der Waals surface area contributed by atoms with Gasteiger partial charge in [0.05, 0.1) is 6.61 Å². The van der Waals surface area contributed by atoms with Crippen LogP contribution in [0.25, 0.3) is 0 Å². The average Bonchev–Trinajstić information content (AvgIpc) is 2.41. The Labute approximate surface area is 106 Å². The summed E-state index contributed by atoms with van der Waals surface area (Å²) in [6.45, 7) is 3.33. The number of anilines is 1. The van der Waals surface area contributed by atoms with Crippen molar-refractivity contribution >= 4 is 5.82 Å². The first-order valence-electron chi connectivity index (χ1n) is 5.96. The van der Waals surface area contributed by atoms with E-state index in [0.717, 1.165) is 18.8 Å². The molecule has 0 radical (unpaired) electrons. The summed E-state index contributed by atoms with van der Waals surface area (Å²) in [4.78, 5) is 12.2. The zero-order valence-corrected chi connectivity index (χ0v) is 10.3. The SMILES string of the molecule is CCOc1cc(NCCc2cccnc2)ncn1. The van der Waals surface area contributed by atoms with E-state index in [9.17, 15) is 0 Å². The van der Waals surface area contributed by atoms with Gasteiger partial charge in [-0.1, -0.05) is 6.07 Å². The summed E-state index contributed by atoms with van der Waals surface area (Å²) >= 11 is 0. The van der Waals surface area contributed by atoms with Gasteiger partial charge in [0.1, 0.15) is 12.1 Å². The third-order valence-corrected chi connectivity index (χ3v) is 2.38. The van der Waals surface area contributed by atoms with Crippen LogP contribution in [-0.4, -0.2) is 28.1 Å². The van der Waals surface area contributed by atoms with Crippen LogP contribution in [0.5, 0.6) is 5.88 Å². The predicted molar refractivity (Wildman–Crippen MR) is 69.6 cm³/mol. The van der Waals surface area contributed by atoms with Crippen molar-refractivity contribution in [2.45, 2.75) is 13.3 Å². The third-order valence-electron chi connectivity index (χ3n) is 2.38. The number of hydrogen-bond donors (Lipinski definition) is 1. The highest BCUT2D eigenvalue weighted by molar-refractivity contribution is 5.37. The van der Waals surface area contributed by atoms with E-state index in [-0.39, 0.29) is 0 Å². The van der Waals surface area contributed by atoms with Crippen LogP contribution in [-0.2, 0) is 6.42 Å². The normalized spacial score (nSPS) is 10.1. The molecule has 0 aliphatic heterocycles. The fourth-order valence-electron chi connectivity index (χ4n) is 1.54. The first-order valence-corrected chi connectivity index (χ1v) is 5.96. The molecule has 0 aromatic carbocycles. The number of rotatable bonds is 6. The van der Waals surface area contributed by atoms with Crippen molar-refractivity contribution in [2.75, 3.05) is 18.5 Å². The Kier molecular flexibility index (Phi) is 4.46. The topological polar surface area (TPSA) is 59.9 Å². The van der Waals surface area contributed by atoms with E-state index < -0.39 is 0 Å². The van der Waals surface area contributed by atoms with Crippen molar-refractivity contribution in [1.82, 2.24) is 15.0 Å². The highest BCUT2D eigenvalue weighted by atomic mass is 16.5. The van der Waals surface area contributed by atoms with Crippen molar-refractivity contribution in [1.29, 1.82) is 0 Å². The molecule has 2 heterocycles. The first-order chi connectivity index (χ1) is 8.88. The maximum Gasteiger partial charge on any atom is 0.218 e. The minimum atomic E-state index is 0.594. The molecular formula is C13H16N4O. The van der Waals surface area contributed by atoms with Gasteiger partial charge in [-0.15, -0.1) is 0 Å². The minimum absolute atomic E-state index is 0.594. The fraction of sp³-hybridized carbons (Fsp3) is 0.308. The highest BCUT2D eigenvalue weighted by Gasteiger charge is 1.98. The number of pyridine rings is 1. The van der Waals surface area contributed by atoms with Crippen LogP contribution in [0.1, 0.15) is 12.5 Å². The predicted octanol–water partition coefficient (Wildman–Crippen LogP) is 1.92. The van der Waals surface area contributed by atoms with E-state index in [1.807, 2.05) is 19.2 Å². The number of nitrogens with zero attached hydrogens (tertiary/aromatic N) is 3. The van der Waals surface area contributed by atoms with Gasteiger partial charge in [0, 0.05) is 25.0 Å². The second kappa shape index (κ2) is 6.54. The summed E-state index contributed by atoms with van der Waals surface area (Å²) < 4.78 is 5.31. The van der Waals surface area contributed by atoms with Gasteiger partial charge in [-0.3, -0.25) is 4.98 Å². The lowest BCUT2D eigenvalue weighted by molar-refractivity contribution is 0.326. The molecule has 0 atom stereocenters. The van der Waals surface area contributed by atoms with Crippen LogP contribution in [0.3, 0.4) is 0 Å². The van der Waals surface area contributed by atoms with Gasteiger partial charge in [0.15, 0.2) is 0 Å². The number of hydrogen-bond acceptors (Lipinski definition) is 5. The molecule has 5 nitrogen and oxygen atoms in total. The van der Waals surface area contributed by atoms with Crippen molar-refractivity contribution in [3.05, 3.63) is 42.5 Å². The molecule has 0 saturated heterocycles. The maximum atomic E-state index is 5.31. The van der Waals surface area contributed by atoms with Gasteiger partial charge >= 0.3 is 0 Å². The van der Waals surface area contributed by atoms with Crippen molar-refractivity contribution in [2.24, 2.45) is 0 Å². The second-order valence-electron chi connectivity index (χ2n) is 3.71. The third kappa shape index (κ3) is 3.69. The van der Waals surface area contributed by atoms with Crippen LogP contribution in [0, 0.1) is 0 Å². The van der Waals surface area contributed by atoms with Crippen LogP contribution >= 0.6 is 0 Å². The number of nitrogens with one attached hydrogen (secondary N) is 1. The summed E-state index contributed by atoms with van der Waals surface area (Å²) in [5, 5.41) is 3.23. The molecule has 94 valence electrons. The molecule has 2 rings (SSSR count). The molecule has 0 aliphatic rings. The largest absolute Gasteiger partial charge is 0.478 e. The zero-order chi connectivity index (χ0) is 12.6.